The van der Waals surface area contributed by atoms with Gasteiger partial charge in [-0.05, 0) is 30.4 Å². The predicted molar refractivity (Wildman–Crippen MR) is 77.7 cm³/mol. The topological polar surface area (TPSA) is 41.9 Å². The molecule has 0 saturated heterocycles. The molecule has 2 aromatic rings. The minimum absolute atomic E-state index is 0.557. The number of rotatable bonds is 3. The number of aryl methyl sites for hydroxylation is 1. The first-order valence-corrected chi connectivity index (χ1v) is 6.20. The molecule has 2 rings (SSSR count). The molecule has 0 spiro atoms. The predicted octanol–water partition coefficient (Wildman–Crippen LogP) is 2.56. The van der Waals surface area contributed by atoms with Crippen LogP contribution in [0.3, 0.4) is 0 Å². The van der Waals surface area contributed by atoms with Crippen molar-refractivity contribution in [3.8, 4) is 0 Å². The molecule has 0 amide bonds. The van der Waals surface area contributed by atoms with Gasteiger partial charge in [0.25, 0.3) is 0 Å². The molecule has 2 N–H and O–H groups in total. The quantitative estimate of drug-likeness (QED) is 0.848. The number of aromatic nitrogens is 2. The minimum Gasteiger partial charge on any atom is -0.358 e. The van der Waals surface area contributed by atoms with E-state index in [-0.39, 0.29) is 0 Å². The molecular weight excluding hydrogens is 268 g/mol. The van der Waals surface area contributed by atoms with Crippen LogP contribution < -0.4 is 10.6 Å². The van der Waals surface area contributed by atoms with Gasteiger partial charge in [0.1, 0.15) is 0 Å². The summed E-state index contributed by atoms with van der Waals surface area (Å²) in [6, 6.07) is 7.41. The average molecular weight is 281 g/mol. The zero-order valence-corrected chi connectivity index (χ0v) is 11.4. The van der Waals surface area contributed by atoms with Crippen molar-refractivity contribution in [1.82, 2.24) is 15.1 Å². The van der Waals surface area contributed by atoms with E-state index in [1.165, 1.54) is 0 Å². The van der Waals surface area contributed by atoms with E-state index >= 15 is 0 Å². The molecule has 0 saturated carbocycles. The van der Waals surface area contributed by atoms with E-state index in [4.69, 9.17) is 23.8 Å². The molecule has 4 nitrogen and oxygen atoms in total. The standard InChI is InChI=1S/C12H13ClN4S/c1-17-8-9(7-15-17)6-14-12(18)16-11-4-2-3-10(13)5-11/h2-5,7-8H,6H2,1H3,(H2,14,16,18). The molecule has 18 heavy (non-hydrogen) atoms. The third-order valence-corrected chi connectivity index (χ3v) is 2.78. The molecule has 1 aromatic carbocycles. The van der Waals surface area contributed by atoms with E-state index in [2.05, 4.69) is 15.7 Å². The molecule has 0 atom stereocenters. The van der Waals surface area contributed by atoms with Gasteiger partial charge in [0, 0.05) is 36.1 Å². The van der Waals surface area contributed by atoms with Crippen LogP contribution in [0.15, 0.2) is 36.7 Å². The minimum atomic E-state index is 0.557. The molecule has 0 aliphatic rings. The summed E-state index contributed by atoms with van der Waals surface area (Å²) in [5.41, 5.74) is 1.94. The summed E-state index contributed by atoms with van der Waals surface area (Å²) in [6.07, 6.45) is 3.74. The Bertz CT molecular complexity index is 553. The van der Waals surface area contributed by atoms with Gasteiger partial charge in [-0.25, -0.2) is 0 Å². The second kappa shape index (κ2) is 5.84. The lowest BCUT2D eigenvalue weighted by Crippen LogP contribution is -2.27. The van der Waals surface area contributed by atoms with Crippen molar-refractivity contribution in [1.29, 1.82) is 0 Å². The summed E-state index contributed by atoms with van der Waals surface area (Å²) in [4.78, 5) is 0. The Morgan fingerprint density at radius 3 is 3.00 bits per heavy atom. The number of nitrogens with zero attached hydrogens (tertiary/aromatic N) is 2. The molecule has 0 aliphatic heterocycles. The van der Waals surface area contributed by atoms with Crippen LogP contribution in [-0.2, 0) is 13.6 Å². The van der Waals surface area contributed by atoms with Crippen LogP contribution in [0.2, 0.25) is 5.02 Å². The van der Waals surface area contributed by atoms with E-state index in [1.54, 1.807) is 10.9 Å². The highest BCUT2D eigenvalue weighted by Gasteiger charge is 2.00. The van der Waals surface area contributed by atoms with Crippen LogP contribution in [0.1, 0.15) is 5.56 Å². The van der Waals surface area contributed by atoms with E-state index in [0.717, 1.165) is 11.3 Å². The average Bonchev–Trinajstić information content (AvgIpc) is 2.73. The fourth-order valence-electron chi connectivity index (χ4n) is 1.49. The van der Waals surface area contributed by atoms with E-state index in [0.29, 0.717) is 16.7 Å². The van der Waals surface area contributed by atoms with E-state index in [9.17, 15) is 0 Å². The maximum absolute atomic E-state index is 5.89. The zero-order chi connectivity index (χ0) is 13.0. The normalized spacial score (nSPS) is 10.1. The molecule has 6 heteroatoms. The van der Waals surface area contributed by atoms with E-state index < -0.39 is 0 Å². The smallest absolute Gasteiger partial charge is 0.171 e. The second-order valence-corrected chi connectivity index (χ2v) is 4.68. The Kier molecular flexibility index (Phi) is 4.17. The van der Waals surface area contributed by atoms with Gasteiger partial charge in [-0.15, -0.1) is 0 Å². The number of hydrogen-bond acceptors (Lipinski definition) is 2. The summed E-state index contributed by atoms with van der Waals surface area (Å²) in [5, 5.41) is 11.5. The molecule has 0 bridgehead atoms. The summed E-state index contributed by atoms with van der Waals surface area (Å²) in [7, 11) is 1.88. The van der Waals surface area contributed by atoms with Gasteiger partial charge >= 0.3 is 0 Å². The first kappa shape index (κ1) is 12.9. The van der Waals surface area contributed by atoms with Gasteiger partial charge in [0.15, 0.2) is 5.11 Å². The van der Waals surface area contributed by atoms with Crippen molar-refractivity contribution in [2.24, 2.45) is 7.05 Å². The molecular formula is C12H13ClN4S. The van der Waals surface area contributed by atoms with Crippen LogP contribution in [0.4, 0.5) is 5.69 Å². The molecule has 94 valence electrons. The summed E-state index contributed by atoms with van der Waals surface area (Å²) >= 11 is 11.1. The van der Waals surface area contributed by atoms with Gasteiger partial charge in [-0.1, -0.05) is 17.7 Å². The number of hydrogen-bond donors (Lipinski definition) is 2. The Hall–Kier alpha value is -1.59. The van der Waals surface area contributed by atoms with Crippen molar-refractivity contribution in [2.45, 2.75) is 6.54 Å². The zero-order valence-electron chi connectivity index (χ0n) is 9.85. The van der Waals surface area contributed by atoms with Crippen molar-refractivity contribution in [2.75, 3.05) is 5.32 Å². The number of thiocarbonyl (C=S) groups is 1. The molecule has 1 aromatic heterocycles. The van der Waals surface area contributed by atoms with E-state index in [1.807, 2.05) is 37.5 Å². The maximum Gasteiger partial charge on any atom is 0.171 e. The molecule has 0 aliphatic carbocycles. The van der Waals surface area contributed by atoms with Gasteiger partial charge in [-0.3, -0.25) is 4.68 Å². The lowest BCUT2D eigenvalue weighted by atomic mass is 10.3. The summed E-state index contributed by atoms with van der Waals surface area (Å²) in [6.45, 7) is 0.639. The molecule has 0 radical (unpaired) electrons. The van der Waals surface area contributed by atoms with Crippen LogP contribution in [0.25, 0.3) is 0 Å². The SMILES string of the molecule is Cn1cc(CNC(=S)Nc2cccc(Cl)c2)cn1. The highest BCUT2D eigenvalue weighted by molar-refractivity contribution is 7.80. The van der Waals surface area contributed by atoms with Crippen LogP contribution in [0.5, 0.6) is 0 Å². The molecule has 0 unspecified atom stereocenters. The Morgan fingerprint density at radius 1 is 1.50 bits per heavy atom. The van der Waals surface area contributed by atoms with Crippen molar-refractivity contribution >= 4 is 34.6 Å². The third-order valence-electron chi connectivity index (χ3n) is 2.29. The molecule has 0 fully saturated rings. The Labute approximate surface area is 116 Å². The second-order valence-electron chi connectivity index (χ2n) is 3.84. The highest BCUT2D eigenvalue weighted by Crippen LogP contribution is 2.14. The monoisotopic (exact) mass is 280 g/mol. The van der Waals surface area contributed by atoms with Crippen LogP contribution in [-0.4, -0.2) is 14.9 Å². The van der Waals surface area contributed by atoms with Gasteiger partial charge in [0.2, 0.25) is 0 Å². The Morgan fingerprint density at radius 2 is 2.33 bits per heavy atom. The van der Waals surface area contributed by atoms with Crippen molar-refractivity contribution < 1.29 is 0 Å². The maximum atomic E-state index is 5.89. The lowest BCUT2D eigenvalue weighted by Gasteiger charge is -2.09. The first-order valence-electron chi connectivity index (χ1n) is 5.41. The number of anilines is 1. The van der Waals surface area contributed by atoms with Gasteiger partial charge in [-0.2, -0.15) is 5.10 Å². The fourth-order valence-corrected chi connectivity index (χ4v) is 1.87. The van der Waals surface area contributed by atoms with Gasteiger partial charge < -0.3 is 10.6 Å². The number of nitrogens with one attached hydrogen (secondary N) is 2. The lowest BCUT2D eigenvalue weighted by molar-refractivity contribution is 0.766. The largest absolute Gasteiger partial charge is 0.358 e. The summed E-state index contributed by atoms with van der Waals surface area (Å²) < 4.78 is 1.75. The number of halogens is 1. The van der Waals surface area contributed by atoms with Crippen molar-refractivity contribution in [3.63, 3.8) is 0 Å². The number of benzene rings is 1. The van der Waals surface area contributed by atoms with Crippen LogP contribution >= 0.6 is 23.8 Å². The third kappa shape index (κ3) is 3.72. The first-order chi connectivity index (χ1) is 8.63. The highest BCUT2D eigenvalue weighted by atomic mass is 35.5. The summed E-state index contributed by atoms with van der Waals surface area (Å²) in [5.74, 6) is 0. The van der Waals surface area contributed by atoms with Gasteiger partial charge in [0.05, 0.1) is 6.20 Å². The fraction of sp³-hybridized carbons (Fsp3) is 0.167. The van der Waals surface area contributed by atoms with Crippen molar-refractivity contribution in [3.05, 3.63) is 47.2 Å². The van der Waals surface area contributed by atoms with Crippen LogP contribution in [0, 0.1) is 0 Å². The molecule has 1 heterocycles. The Balaban J connectivity index is 1.85.